The highest BCUT2D eigenvalue weighted by Crippen LogP contribution is 2.14. The van der Waals surface area contributed by atoms with Crippen molar-refractivity contribution < 1.29 is 9.53 Å². The van der Waals surface area contributed by atoms with Crippen LogP contribution in [0.4, 0.5) is 0 Å². The molecule has 0 amide bonds. The Bertz CT molecular complexity index is 777. The van der Waals surface area contributed by atoms with E-state index in [0.29, 0.717) is 0 Å². The zero-order valence-corrected chi connectivity index (χ0v) is 13.8. The highest BCUT2D eigenvalue weighted by atomic mass is 16.5. The Balaban J connectivity index is 2.09. The molecule has 2 rings (SSSR count). The molecular weight excluding hydrogens is 288 g/mol. The summed E-state index contributed by atoms with van der Waals surface area (Å²) >= 11 is 0. The van der Waals surface area contributed by atoms with Gasteiger partial charge in [0, 0.05) is 0 Å². The molecule has 0 spiro atoms. The van der Waals surface area contributed by atoms with Crippen molar-refractivity contribution in [3.8, 4) is 5.75 Å². The summed E-state index contributed by atoms with van der Waals surface area (Å²) in [6.07, 6.45) is 6.48. The standard InChI is InChI=1S/C19H20N2O2/c1-13-14(2)21-19(15(3)20-13)11-10-17(22)9-8-16-6-5-7-18(12-16)23-4/h5-12H,1-4H3/b9-8+,11-10+. The van der Waals surface area contributed by atoms with Gasteiger partial charge in [0.1, 0.15) is 5.75 Å². The number of hydrogen-bond donors (Lipinski definition) is 0. The van der Waals surface area contributed by atoms with E-state index in [9.17, 15) is 4.79 Å². The predicted molar refractivity (Wildman–Crippen MR) is 92.3 cm³/mol. The van der Waals surface area contributed by atoms with E-state index in [4.69, 9.17) is 4.74 Å². The minimum absolute atomic E-state index is 0.104. The number of ketones is 1. The molecule has 4 nitrogen and oxygen atoms in total. The van der Waals surface area contributed by atoms with Gasteiger partial charge in [0.15, 0.2) is 5.78 Å². The van der Waals surface area contributed by atoms with E-state index in [1.165, 1.54) is 12.2 Å². The second kappa shape index (κ2) is 7.49. The van der Waals surface area contributed by atoms with Gasteiger partial charge in [0.2, 0.25) is 0 Å². The normalized spacial score (nSPS) is 11.3. The van der Waals surface area contributed by atoms with Crippen molar-refractivity contribution in [2.45, 2.75) is 20.8 Å². The molecule has 0 aliphatic heterocycles. The van der Waals surface area contributed by atoms with E-state index >= 15 is 0 Å². The van der Waals surface area contributed by atoms with Crippen LogP contribution in [0, 0.1) is 20.8 Å². The first kappa shape index (κ1) is 16.6. The number of aromatic nitrogens is 2. The molecule has 0 atom stereocenters. The fourth-order valence-electron chi connectivity index (χ4n) is 2.03. The van der Waals surface area contributed by atoms with Crippen molar-refractivity contribution in [3.63, 3.8) is 0 Å². The number of methoxy groups -OCH3 is 1. The van der Waals surface area contributed by atoms with Crippen LogP contribution in [0.5, 0.6) is 5.75 Å². The number of aryl methyl sites for hydroxylation is 3. The molecule has 1 aromatic heterocycles. The lowest BCUT2D eigenvalue weighted by Crippen LogP contribution is -1.99. The third-order valence-electron chi connectivity index (χ3n) is 3.46. The molecule has 0 saturated heterocycles. The Morgan fingerprint density at radius 3 is 2.43 bits per heavy atom. The number of benzene rings is 1. The van der Waals surface area contributed by atoms with E-state index in [-0.39, 0.29) is 5.78 Å². The lowest BCUT2D eigenvalue weighted by Gasteiger charge is -2.03. The third-order valence-corrected chi connectivity index (χ3v) is 3.46. The lowest BCUT2D eigenvalue weighted by molar-refractivity contribution is -0.110. The van der Waals surface area contributed by atoms with E-state index in [0.717, 1.165) is 34.1 Å². The van der Waals surface area contributed by atoms with Crippen LogP contribution in [0.25, 0.3) is 12.2 Å². The molecule has 0 aliphatic carbocycles. The first-order valence-electron chi connectivity index (χ1n) is 7.35. The topological polar surface area (TPSA) is 52.1 Å². The van der Waals surface area contributed by atoms with Crippen molar-refractivity contribution in [2.75, 3.05) is 7.11 Å². The SMILES string of the molecule is COc1cccc(/C=C/C(=O)/C=C/c2nc(C)c(C)nc2C)c1. The van der Waals surface area contributed by atoms with Crippen molar-refractivity contribution >= 4 is 17.9 Å². The van der Waals surface area contributed by atoms with Gasteiger partial charge in [0.25, 0.3) is 0 Å². The molecule has 2 aromatic rings. The number of carbonyl (C=O) groups is 1. The summed E-state index contributed by atoms with van der Waals surface area (Å²) in [4.78, 5) is 20.8. The number of carbonyl (C=O) groups excluding carboxylic acids is 1. The summed E-state index contributed by atoms with van der Waals surface area (Å²) in [5.74, 6) is 0.656. The molecule has 4 heteroatoms. The number of hydrogen-bond acceptors (Lipinski definition) is 4. The number of rotatable bonds is 5. The monoisotopic (exact) mass is 308 g/mol. The Labute approximate surface area is 136 Å². The molecule has 23 heavy (non-hydrogen) atoms. The van der Waals surface area contributed by atoms with Gasteiger partial charge in [-0.1, -0.05) is 18.2 Å². The summed E-state index contributed by atoms with van der Waals surface area (Å²) in [7, 11) is 1.61. The zero-order chi connectivity index (χ0) is 16.8. The second-order valence-electron chi connectivity index (χ2n) is 5.21. The van der Waals surface area contributed by atoms with Crippen molar-refractivity contribution in [1.82, 2.24) is 9.97 Å². The van der Waals surface area contributed by atoms with E-state index in [1.807, 2.05) is 45.0 Å². The van der Waals surface area contributed by atoms with Crippen LogP contribution in [-0.2, 0) is 4.79 Å². The molecule has 0 aliphatic rings. The van der Waals surface area contributed by atoms with Gasteiger partial charge in [-0.05, 0) is 56.7 Å². The first-order valence-corrected chi connectivity index (χ1v) is 7.35. The van der Waals surface area contributed by atoms with E-state index in [2.05, 4.69) is 9.97 Å². The maximum atomic E-state index is 12.0. The number of nitrogens with zero attached hydrogens (tertiary/aromatic N) is 2. The van der Waals surface area contributed by atoms with Crippen molar-refractivity contribution in [3.05, 3.63) is 64.8 Å². The van der Waals surface area contributed by atoms with Gasteiger partial charge < -0.3 is 4.74 Å². The van der Waals surface area contributed by atoms with Gasteiger partial charge >= 0.3 is 0 Å². The zero-order valence-electron chi connectivity index (χ0n) is 13.8. The summed E-state index contributed by atoms with van der Waals surface area (Å²) in [5.41, 5.74) is 4.22. The Morgan fingerprint density at radius 1 is 1.00 bits per heavy atom. The highest BCUT2D eigenvalue weighted by Gasteiger charge is 2.02. The van der Waals surface area contributed by atoms with Crippen molar-refractivity contribution in [1.29, 1.82) is 0 Å². The Morgan fingerprint density at radius 2 is 1.70 bits per heavy atom. The van der Waals surface area contributed by atoms with Crippen LogP contribution in [0.3, 0.4) is 0 Å². The maximum Gasteiger partial charge on any atom is 0.178 e. The molecule has 0 bridgehead atoms. The first-order chi connectivity index (χ1) is 11.0. The summed E-state index contributed by atoms with van der Waals surface area (Å²) in [6.45, 7) is 5.71. The van der Waals surface area contributed by atoms with Crippen molar-refractivity contribution in [2.24, 2.45) is 0 Å². The largest absolute Gasteiger partial charge is 0.497 e. The van der Waals surface area contributed by atoms with Gasteiger partial charge in [-0.15, -0.1) is 0 Å². The molecular formula is C19H20N2O2. The minimum atomic E-state index is -0.104. The van der Waals surface area contributed by atoms with Gasteiger partial charge in [-0.25, -0.2) is 4.98 Å². The van der Waals surface area contributed by atoms with Crippen LogP contribution in [-0.4, -0.2) is 22.9 Å². The Hall–Kier alpha value is -2.75. The lowest BCUT2D eigenvalue weighted by atomic mass is 10.1. The van der Waals surface area contributed by atoms with Crippen LogP contribution in [0.1, 0.15) is 28.3 Å². The third kappa shape index (κ3) is 4.61. The van der Waals surface area contributed by atoms with Crippen LogP contribution in [0.2, 0.25) is 0 Å². The predicted octanol–water partition coefficient (Wildman–Crippen LogP) is 3.71. The van der Waals surface area contributed by atoms with E-state index in [1.54, 1.807) is 19.3 Å². The molecule has 1 aromatic carbocycles. The molecule has 0 radical (unpaired) electrons. The quantitative estimate of drug-likeness (QED) is 0.790. The van der Waals surface area contributed by atoms with Gasteiger partial charge in [-0.3, -0.25) is 9.78 Å². The highest BCUT2D eigenvalue weighted by molar-refractivity contribution is 6.04. The fourth-order valence-corrected chi connectivity index (χ4v) is 2.03. The average molecular weight is 308 g/mol. The van der Waals surface area contributed by atoms with Crippen LogP contribution in [0.15, 0.2) is 36.4 Å². The fraction of sp³-hybridized carbons (Fsp3) is 0.211. The molecule has 0 fully saturated rings. The maximum absolute atomic E-state index is 12.0. The molecule has 0 N–H and O–H groups in total. The second-order valence-corrected chi connectivity index (χ2v) is 5.21. The molecule has 0 unspecified atom stereocenters. The average Bonchev–Trinajstić information content (AvgIpc) is 2.55. The van der Waals surface area contributed by atoms with Crippen LogP contribution >= 0.6 is 0 Å². The summed E-state index contributed by atoms with van der Waals surface area (Å²) in [6, 6.07) is 7.52. The summed E-state index contributed by atoms with van der Waals surface area (Å²) in [5, 5.41) is 0. The van der Waals surface area contributed by atoms with Gasteiger partial charge in [-0.2, -0.15) is 0 Å². The van der Waals surface area contributed by atoms with Crippen LogP contribution < -0.4 is 4.74 Å². The van der Waals surface area contributed by atoms with E-state index < -0.39 is 0 Å². The Kier molecular flexibility index (Phi) is 5.41. The number of ether oxygens (including phenoxy) is 1. The molecule has 0 saturated carbocycles. The summed E-state index contributed by atoms with van der Waals surface area (Å²) < 4.78 is 5.15. The smallest absolute Gasteiger partial charge is 0.178 e. The molecule has 118 valence electrons. The molecule has 1 heterocycles. The minimum Gasteiger partial charge on any atom is -0.497 e. The van der Waals surface area contributed by atoms with Gasteiger partial charge in [0.05, 0.1) is 29.9 Å². The number of allylic oxidation sites excluding steroid dienone is 2.